The van der Waals surface area contributed by atoms with Gasteiger partial charge in [-0.3, -0.25) is 0 Å². The van der Waals surface area contributed by atoms with Crippen molar-refractivity contribution in [1.82, 2.24) is 19.8 Å². The Hall–Kier alpha value is -1.79. The van der Waals surface area contributed by atoms with Gasteiger partial charge >= 0.3 is 0 Å². The van der Waals surface area contributed by atoms with E-state index >= 15 is 0 Å². The monoisotopic (exact) mass is 259 g/mol. The zero-order valence-electron chi connectivity index (χ0n) is 10.00. The van der Waals surface area contributed by atoms with Crippen LogP contribution in [0, 0.1) is 6.92 Å². The van der Waals surface area contributed by atoms with Gasteiger partial charge in [-0.1, -0.05) is 35.6 Å². The van der Waals surface area contributed by atoms with Crippen molar-refractivity contribution in [2.75, 3.05) is 6.54 Å². The molecular weight excluding hydrogens is 246 g/mol. The maximum atomic E-state index is 5.53. The Labute approximate surface area is 108 Å². The van der Waals surface area contributed by atoms with Crippen LogP contribution in [0.15, 0.2) is 24.3 Å². The molecule has 0 amide bonds. The number of fused-ring (bicyclic) bond motifs is 1. The van der Waals surface area contributed by atoms with Gasteiger partial charge in [0.05, 0.1) is 0 Å². The Morgan fingerprint density at radius 1 is 1.22 bits per heavy atom. The van der Waals surface area contributed by atoms with Crippen LogP contribution >= 0.6 is 11.3 Å². The van der Waals surface area contributed by atoms with Crippen LogP contribution in [-0.2, 0) is 6.42 Å². The molecule has 0 atom stereocenters. The highest BCUT2D eigenvalue weighted by atomic mass is 32.1. The Morgan fingerprint density at radius 3 is 2.67 bits per heavy atom. The Bertz CT molecular complexity index is 667. The Morgan fingerprint density at radius 2 is 2.00 bits per heavy atom. The predicted molar refractivity (Wildman–Crippen MR) is 71.6 cm³/mol. The van der Waals surface area contributed by atoms with Gasteiger partial charge in [0.15, 0.2) is 5.82 Å². The van der Waals surface area contributed by atoms with E-state index in [4.69, 9.17) is 5.73 Å². The molecule has 0 aliphatic rings. The van der Waals surface area contributed by atoms with Crippen LogP contribution in [0.25, 0.3) is 15.5 Å². The number of aromatic nitrogens is 4. The van der Waals surface area contributed by atoms with Crippen LogP contribution in [0.5, 0.6) is 0 Å². The maximum Gasteiger partial charge on any atom is 0.234 e. The van der Waals surface area contributed by atoms with Crippen molar-refractivity contribution in [1.29, 1.82) is 0 Å². The number of aryl methyl sites for hydroxylation is 1. The van der Waals surface area contributed by atoms with E-state index in [1.165, 1.54) is 5.56 Å². The molecule has 2 N–H and O–H groups in total. The summed E-state index contributed by atoms with van der Waals surface area (Å²) in [6.45, 7) is 2.57. The number of rotatable bonds is 3. The second-order valence-electron chi connectivity index (χ2n) is 4.08. The molecule has 0 bridgehead atoms. The first-order chi connectivity index (χ1) is 8.78. The van der Waals surface area contributed by atoms with Crippen LogP contribution < -0.4 is 5.73 Å². The van der Waals surface area contributed by atoms with Crippen molar-refractivity contribution < 1.29 is 0 Å². The van der Waals surface area contributed by atoms with E-state index in [9.17, 15) is 0 Å². The van der Waals surface area contributed by atoms with Crippen LogP contribution in [0.3, 0.4) is 0 Å². The first-order valence-electron chi connectivity index (χ1n) is 5.76. The summed E-state index contributed by atoms with van der Waals surface area (Å²) in [5, 5.41) is 13.5. The Kier molecular flexibility index (Phi) is 2.81. The molecule has 0 saturated heterocycles. The van der Waals surface area contributed by atoms with Crippen molar-refractivity contribution in [3.63, 3.8) is 0 Å². The van der Waals surface area contributed by atoms with Crippen molar-refractivity contribution in [2.24, 2.45) is 5.73 Å². The molecule has 0 radical (unpaired) electrons. The minimum atomic E-state index is 0.676. The SMILES string of the molecule is Cc1nnc2sc(-c3ccc(CCN)cc3)nn12. The standard InChI is InChI=1S/C12H13N5S/c1-8-14-15-12-17(8)16-11(18-12)10-4-2-9(3-5-10)6-7-13/h2-5H,6-7,13H2,1H3. The fourth-order valence-electron chi connectivity index (χ4n) is 1.81. The van der Waals surface area contributed by atoms with E-state index in [1.807, 2.05) is 6.92 Å². The van der Waals surface area contributed by atoms with Gasteiger partial charge in [-0.05, 0) is 25.5 Å². The summed E-state index contributed by atoms with van der Waals surface area (Å²) in [6, 6.07) is 8.34. The van der Waals surface area contributed by atoms with Crippen LogP contribution in [-0.4, -0.2) is 26.4 Å². The molecule has 5 nitrogen and oxygen atoms in total. The summed E-state index contributed by atoms with van der Waals surface area (Å²) < 4.78 is 1.77. The molecule has 0 aliphatic carbocycles. The Balaban J connectivity index is 1.97. The molecule has 2 aromatic heterocycles. The van der Waals surface area contributed by atoms with E-state index in [0.717, 1.165) is 27.8 Å². The maximum absolute atomic E-state index is 5.53. The van der Waals surface area contributed by atoms with Gasteiger partial charge in [0.25, 0.3) is 0 Å². The van der Waals surface area contributed by atoms with E-state index in [0.29, 0.717) is 6.54 Å². The van der Waals surface area contributed by atoms with Gasteiger partial charge in [0, 0.05) is 5.56 Å². The lowest BCUT2D eigenvalue weighted by atomic mass is 10.1. The average Bonchev–Trinajstić information content (AvgIpc) is 2.94. The first kappa shape index (κ1) is 11.3. The third-order valence-corrected chi connectivity index (χ3v) is 3.73. The molecule has 0 unspecified atom stereocenters. The summed E-state index contributed by atoms with van der Waals surface area (Å²) in [5.74, 6) is 0.812. The van der Waals surface area contributed by atoms with E-state index in [2.05, 4.69) is 39.6 Å². The minimum absolute atomic E-state index is 0.676. The predicted octanol–water partition coefficient (Wildman–Crippen LogP) is 1.66. The van der Waals surface area contributed by atoms with Gasteiger partial charge in [-0.25, -0.2) is 0 Å². The van der Waals surface area contributed by atoms with Gasteiger partial charge in [-0.15, -0.1) is 10.2 Å². The summed E-state index contributed by atoms with van der Waals surface area (Å²) in [4.78, 5) is 0.827. The summed E-state index contributed by atoms with van der Waals surface area (Å²) in [6.07, 6.45) is 0.907. The normalized spacial score (nSPS) is 11.2. The lowest BCUT2D eigenvalue weighted by Gasteiger charge is -1.99. The number of hydrogen-bond acceptors (Lipinski definition) is 5. The molecule has 3 rings (SSSR count). The zero-order chi connectivity index (χ0) is 12.5. The number of hydrogen-bond donors (Lipinski definition) is 1. The first-order valence-corrected chi connectivity index (χ1v) is 6.58. The topological polar surface area (TPSA) is 69.1 Å². The molecule has 0 aliphatic heterocycles. The van der Waals surface area contributed by atoms with Crippen molar-refractivity contribution >= 4 is 16.3 Å². The van der Waals surface area contributed by atoms with Gasteiger partial charge < -0.3 is 5.73 Å². The molecule has 92 valence electrons. The molecule has 3 aromatic rings. The third-order valence-electron chi connectivity index (χ3n) is 2.78. The third kappa shape index (κ3) is 1.89. The van der Waals surface area contributed by atoms with Crippen LogP contribution in [0.1, 0.15) is 11.4 Å². The molecule has 18 heavy (non-hydrogen) atoms. The largest absolute Gasteiger partial charge is 0.330 e. The number of nitrogens with two attached hydrogens (primary N) is 1. The highest BCUT2D eigenvalue weighted by molar-refractivity contribution is 7.19. The fourth-order valence-corrected chi connectivity index (χ4v) is 2.70. The summed E-state index contributed by atoms with van der Waals surface area (Å²) in [7, 11) is 0. The number of benzene rings is 1. The minimum Gasteiger partial charge on any atom is -0.330 e. The van der Waals surface area contributed by atoms with Crippen LogP contribution in [0.4, 0.5) is 0 Å². The molecule has 6 heteroatoms. The second kappa shape index (κ2) is 4.47. The molecule has 2 heterocycles. The average molecular weight is 259 g/mol. The molecule has 0 saturated carbocycles. The summed E-state index contributed by atoms with van der Waals surface area (Å²) >= 11 is 1.54. The quantitative estimate of drug-likeness (QED) is 0.776. The van der Waals surface area contributed by atoms with E-state index < -0.39 is 0 Å². The van der Waals surface area contributed by atoms with Crippen molar-refractivity contribution in [3.05, 3.63) is 35.7 Å². The number of nitrogens with zero attached hydrogens (tertiary/aromatic N) is 4. The second-order valence-corrected chi connectivity index (χ2v) is 5.04. The lowest BCUT2D eigenvalue weighted by molar-refractivity contribution is 0.897. The van der Waals surface area contributed by atoms with E-state index in [-0.39, 0.29) is 0 Å². The van der Waals surface area contributed by atoms with Gasteiger partial charge in [0.1, 0.15) is 5.01 Å². The van der Waals surface area contributed by atoms with Gasteiger partial charge in [-0.2, -0.15) is 9.61 Å². The smallest absolute Gasteiger partial charge is 0.234 e. The molecule has 0 spiro atoms. The highest BCUT2D eigenvalue weighted by Crippen LogP contribution is 2.25. The van der Waals surface area contributed by atoms with Crippen LogP contribution in [0.2, 0.25) is 0 Å². The van der Waals surface area contributed by atoms with Crippen molar-refractivity contribution in [3.8, 4) is 10.6 Å². The van der Waals surface area contributed by atoms with Crippen molar-refractivity contribution in [2.45, 2.75) is 13.3 Å². The molecular formula is C12H13N5S. The van der Waals surface area contributed by atoms with Gasteiger partial charge in [0.2, 0.25) is 4.96 Å². The highest BCUT2D eigenvalue weighted by Gasteiger charge is 2.09. The summed E-state index contributed by atoms with van der Waals surface area (Å²) in [5.41, 5.74) is 7.89. The lowest BCUT2D eigenvalue weighted by Crippen LogP contribution is -2.02. The van der Waals surface area contributed by atoms with E-state index in [1.54, 1.807) is 15.9 Å². The fraction of sp³-hybridized carbons (Fsp3) is 0.250. The molecule has 0 fully saturated rings. The molecule has 1 aromatic carbocycles. The zero-order valence-corrected chi connectivity index (χ0v) is 10.8.